The Kier molecular flexibility index (Phi) is 6.25. The second kappa shape index (κ2) is 7.70. The van der Waals surface area contributed by atoms with Gasteiger partial charge in [0.05, 0.1) is 5.75 Å². The van der Waals surface area contributed by atoms with Crippen LogP contribution in [-0.4, -0.2) is 44.1 Å². The summed E-state index contributed by atoms with van der Waals surface area (Å²) >= 11 is 11.9. The first-order chi connectivity index (χ1) is 11.5. The number of nitrogens with zero attached hydrogens (tertiary/aromatic N) is 1. The second-order valence-electron chi connectivity index (χ2n) is 7.02. The van der Waals surface area contributed by atoms with Gasteiger partial charge in [0, 0.05) is 29.2 Å². The topological polar surface area (TPSA) is 75.7 Å². The van der Waals surface area contributed by atoms with Gasteiger partial charge in [-0.1, -0.05) is 29.3 Å². The SMILES string of the molecule is CC(C)(C)OC(=O)N1CCC(NS(=O)(=O)Cc2ccc(Cl)cc2Cl)C1. The number of benzene rings is 1. The van der Waals surface area contributed by atoms with Crippen LogP contribution in [0.15, 0.2) is 18.2 Å². The van der Waals surface area contributed by atoms with Crippen LogP contribution in [0.25, 0.3) is 0 Å². The zero-order valence-electron chi connectivity index (χ0n) is 14.4. The predicted octanol–water partition coefficient (Wildman–Crippen LogP) is 3.42. The summed E-state index contributed by atoms with van der Waals surface area (Å²) in [6.45, 7) is 6.09. The van der Waals surface area contributed by atoms with Crippen LogP contribution in [0.4, 0.5) is 4.79 Å². The van der Waals surface area contributed by atoms with Crippen LogP contribution < -0.4 is 4.72 Å². The lowest BCUT2D eigenvalue weighted by atomic mass is 10.2. The maximum absolute atomic E-state index is 12.4. The average molecular weight is 409 g/mol. The van der Waals surface area contributed by atoms with Gasteiger partial charge < -0.3 is 9.64 Å². The van der Waals surface area contributed by atoms with Gasteiger partial charge in [-0.25, -0.2) is 17.9 Å². The molecule has 2 rings (SSSR count). The molecular weight excluding hydrogens is 387 g/mol. The summed E-state index contributed by atoms with van der Waals surface area (Å²) in [5.41, 5.74) is -0.111. The normalized spacial score (nSPS) is 18.4. The molecule has 6 nitrogen and oxygen atoms in total. The molecular formula is C16H22Cl2N2O4S. The summed E-state index contributed by atoms with van der Waals surface area (Å²) in [5.74, 6) is -0.244. The predicted molar refractivity (Wildman–Crippen MR) is 98.4 cm³/mol. The van der Waals surface area contributed by atoms with E-state index in [9.17, 15) is 13.2 Å². The van der Waals surface area contributed by atoms with Crippen molar-refractivity contribution in [2.75, 3.05) is 13.1 Å². The third kappa shape index (κ3) is 6.33. The fraction of sp³-hybridized carbons (Fsp3) is 0.562. The molecule has 0 aliphatic carbocycles. The van der Waals surface area contributed by atoms with E-state index >= 15 is 0 Å². The number of ether oxygens (including phenoxy) is 1. The molecule has 1 atom stereocenters. The first kappa shape index (κ1) is 20.3. The molecule has 1 unspecified atom stereocenters. The van der Waals surface area contributed by atoms with E-state index in [1.807, 2.05) is 0 Å². The van der Waals surface area contributed by atoms with E-state index in [0.29, 0.717) is 28.6 Å². The van der Waals surface area contributed by atoms with Crippen LogP contribution in [0.2, 0.25) is 10.0 Å². The van der Waals surface area contributed by atoms with Gasteiger partial charge in [-0.15, -0.1) is 0 Å². The third-order valence-corrected chi connectivity index (χ3v) is 5.52. The van der Waals surface area contributed by atoms with E-state index in [2.05, 4.69) is 4.72 Å². The summed E-state index contributed by atoms with van der Waals surface area (Å²) < 4.78 is 32.6. The van der Waals surface area contributed by atoms with Crippen LogP contribution in [0.1, 0.15) is 32.8 Å². The number of sulfonamides is 1. The highest BCUT2D eigenvalue weighted by Crippen LogP contribution is 2.23. The maximum atomic E-state index is 12.4. The minimum Gasteiger partial charge on any atom is -0.444 e. The molecule has 1 saturated heterocycles. The Morgan fingerprint density at radius 3 is 2.64 bits per heavy atom. The second-order valence-corrected chi connectivity index (χ2v) is 9.62. The Hall–Kier alpha value is -1.02. The van der Waals surface area contributed by atoms with E-state index in [0.717, 1.165) is 0 Å². The van der Waals surface area contributed by atoms with Gasteiger partial charge in [-0.05, 0) is 44.9 Å². The van der Waals surface area contributed by atoms with E-state index in [1.165, 1.54) is 11.0 Å². The number of carbonyl (C=O) groups excluding carboxylic acids is 1. The number of halogens is 2. The number of nitrogens with one attached hydrogen (secondary N) is 1. The van der Waals surface area contributed by atoms with Crippen molar-refractivity contribution in [2.24, 2.45) is 0 Å². The Morgan fingerprint density at radius 1 is 1.36 bits per heavy atom. The van der Waals surface area contributed by atoms with Crippen molar-refractivity contribution < 1.29 is 17.9 Å². The summed E-state index contributed by atoms with van der Waals surface area (Å²) in [6.07, 6.45) is 0.0993. The van der Waals surface area contributed by atoms with Crippen molar-refractivity contribution in [2.45, 2.75) is 44.6 Å². The molecule has 1 N–H and O–H groups in total. The first-order valence-corrected chi connectivity index (χ1v) is 10.3. The Balaban J connectivity index is 1.94. The van der Waals surface area contributed by atoms with E-state index in [4.69, 9.17) is 27.9 Å². The van der Waals surface area contributed by atoms with Crippen LogP contribution in [0.5, 0.6) is 0 Å². The van der Waals surface area contributed by atoms with E-state index in [1.54, 1.807) is 32.9 Å². The maximum Gasteiger partial charge on any atom is 0.410 e. The van der Waals surface area contributed by atoms with Crippen LogP contribution in [0, 0.1) is 0 Å². The zero-order valence-corrected chi connectivity index (χ0v) is 16.7. The highest BCUT2D eigenvalue weighted by atomic mass is 35.5. The molecule has 1 amide bonds. The number of likely N-dealkylation sites (tertiary alicyclic amines) is 1. The molecule has 0 spiro atoms. The Bertz CT molecular complexity index is 747. The van der Waals surface area contributed by atoms with E-state index < -0.39 is 21.7 Å². The Morgan fingerprint density at radius 2 is 2.04 bits per heavy atom. The molecule has 0 aromatic heterocycles. The fourth-order valence-corrected chi connectivity index (χ4v) is 4.49. The van der Waals surface area contributed by atoms with E-state index in [-0.39, 0.29) is 18.3 Å². The first-order valence-electron chi connectivity index (χ1n) is 7.87. The lowest BCUT2D eigenvalue weighted by Crippen LogP contribution is -2.40. The molecule has 25 heavy (non-hydrogen) atoms. The van der Waals surface area contributed by atoms with Crippen molar-refractivity contribution in [3.05, 3.63) is 33.8 Å². The fourth-order valence-electron chi connectivity index (χ4n) is 2.49. The molecule has 140 valence electrons. The Labute approximate surface area is 158 Å². The van der Waals surface area contributed by atoms with Crippen molar-refractivity contribution in [3.63, 3.8) is 0 Å². The van der Waals surface area contributed by atoms with Gasteiger partial charge in [0.2, 0.25) is 10.0 Å². The van der Waals surface area contributed by atoms with Crippen molar-refractivity contribution in [1.82, 2.24) is 9.62 Å². The highest BCUT2D eigenvalue weighted by molar-refractivity contribution is 7.88. The monoisotopic (exact) mass is 408 g/mol. The molecule has 1 heterocycles. The summed E-state index contributed by atoms with van der Waals surface area (Å²) in [7, 11) is -3.59. The molecule has 1 aromatic carbocycles. The smallest absolute Gasteiger partial charge is 0.410 e. The van der Waals surface area contributed by atoms with Gasteiger partial charge in [-0.3, -0.25) is 0 Å². The van der Waals surface area contributed by atoms with Gasteiger partial charge in [-0.2, -0.15) is 0 Å². The van der Waals surface area contributed by atoms with Crippen LogP contribution in [0.3, 0.4) is 0 Å². The molecule has 9 heteroatoms. The zero-order chi connectivity index (χ0) is 18.8. The quantitative estimate of drug-likeness (QED) is 0.827. The van der Waals surface area contributed by atoms with Crippen LogP contribution >= 0.6 is 23.2 Å². The summed E-state index contributed by atoms with van der Waals surface area (Å²) in [4.78, 5) is 13.5. The average Bonchev–Trinajstić information content (AvgIpc) is 2.88. The lowest BCUT2D eigenvalue weighted by Gasteiger charge is -2.24. The molecule has 0 bridgehead atoms. The largest absolute Gasteiger partial charge is 0.444 e. The van der Waals surface area contributed by atoms with Gasteiger partial charge in [0.15, 0.2) is 0 Å². The molecule has 0 saturated carbocycles. The third-order valence-electron chi connectivity index (χ3n) is 3.55. The number of hydrogen-bond acceptors (Lipinski definition) is 4. The minimum absolute atomic E-state index is 0.244. The summed E-state index contributed by atoms with van der Waals surface area (Å²) in [5, 5.41) is 0.752. The van der Waals surface area contributed by atoms with Gasteiger partial charge >= 0.3 is 6.09 Å². The van der Waals surface area contributed by atoms with Crippen molar-refractivity contribution in [1.29, 1.82) is 0 Å². The van der Waals surface area contributed by atoms with Crippen LogP contribution in [-0.2, 0) is 20.5 Å². The number of rotatable bonds is 4. The lowest BCUT2D eigenvalue weighted by molar-refractivity contribution is 0.0292. The highest BCUT2D eigenvalue weighted by Gasteiger charge is 2.32. The minimum atomic E-state index is -3.59. The number of amides is 1. The van der Waals surface area contributed by atoms with Crippen molar-refractivity contribution in [3.8, 4) is 0 Å². The summed E-state index contributed by atoms with van der Waals surface area (Å²) in [6, 6.07) is 4.35. The molecule has 1 aromatic rings. The molecule has 0 radical (unpaired) electrons. The molecule has 1 fully saturated rings. The number of carbonyl (C=O) groups is 1. The standard InChI is InChI=1S/C16H22Cl2N2O4S/c1-16(2,3)24-15(21)20-7-6-13(9-20)19-25(22,23)10-11-4-5-12(17)8-14(11)18/h4-5,8,13,19H,6-7,9-10H2,1-3H3. The van der Waals surface area contributed by atoms with Gasteiger partial charge in [0.1, 0.15) is 5.60 Å². The molecule has 1 aliphatic rings. The van der Waals surface area contributed by atoms with Gasteiger partial charge in [0.25, 0.3) is 0 Å². The number of hydrogen-bond donors (Lipinski definition) is 1. The molecule has 1 aliphatic heterocycles. The van der Waals surface area contributed by atoms with Crippen molar-refractivity contribution >= 4 is 39.3 Å².